The van der Waals surface area contributed by atoms with E-state index in [4.69, 9.17) is 4.74 Å². The van der Waals surface area contributed by atoms with Gasteiger partial charge < -0.3 is 20.1 Å². The van der Waals surface area contributed by atoms with Crippen LogP contribution in [0, 0.1) is 11.3 Å². The maximum Gasteiger partial charge on any atom is 0.0693 e. The molecule has 2 saturated heterocycles. The van der Waals surface area contributed by atoms with E-state index in [1.165, 1.54) is 25.7 Å². The monoisotopic (exact) mass is 282 g/mol. The van der Waals surface area contributed by atoms with Gasteiger partial charge in [0.05, 0.1) is 12.7 Å². The molecule has 0 amide bonds. The lowest BCUT2D eigenvalue weighted by atomic mass is 9.81. The third-order valence-corrected chi connectivity index (χ3v) is 5.31. The highest BCUT2D eigenvalue weighted by Gasteiger charge is 2.38. The first-order chi connectivity index (χ1) is 9.67. The Morgan fingerprint density at radius 3 is 2.85 bits per heavy atom. The van der Waals surface area contributed by atoms with E-state index in [1.807, 2.05) is 0 Å². The van der Waals surface area contributed by atoms with Gasteiger partial charge in [-0.25, -0.2) is 0 Å². The summed E-state index contributed by atoms with van der Waals surface area (Å²) in [6, 6.07) is 0.765. The molecule has 0 aromatic carbocycles. The molecule has 3 aliphatic rings. The van der Waals surface area contributed by atoms with Crippen LogP contribution in [0.1, 0.15) is 39.0 Å². The second-order valence-corrected chi connectivity index (χ2v) is 7.38. The number of nitrogens with one attached hydrogen (secondary N) is 1. The van der Waals surface area contributed by atoms with Crippen LogP contribution >= 0.6 is 0 Å². The molecule has 0 radical (unpaired) electrons. The van der Waals surface area contributed by atoms with Crippen molar-refractivity contribution in [3.05, 3.63) is 0 Å². The van der Waals surface area contributed by atoms with Gasteiger partial charge in [-0.3, -0.25) is 0 Å². The van der Waals surface area contributed by atoms with Gasteiger partial charge in [0.15, 0.2) is 0 Å². The van der Waals surface area contributed by atoms with Crippen LogP contribution in [0.4, 0.5) is 0 Å². The van der Waals surface area contributed by atoms with Crippen LogP contribution in [0.5, 0.6) is 0 Å². The van der Waals surface area contributed by atoms with Gasteiger partial charge in [-0.2, -0.15) is 0 Å². The maximum atomic E-state index is 10.1. The SMILES string of the molecule is CC1CCN(CC2(CNC3CC3)CCCOC2)CC1O. The Kier molecular flexibility index (Phi) is 4.65. The molecule has 4 heteroatoms. The number of hydrogen-bond donors (Lipinski definition) is 2. The Bertz CT molecular complexity index is 314. The Labute approximate surface area is 122 Å². The Morgan fingerprint density at radius 1 is 1.35 bits per heavy atom. The number of piperidine rings is 1. The third kappa shape index (κ3) is 3.73. The predicted molar refractivity (Wildman–Crippen MR) is 79.7 cm³/mol. The third-order valence-electron chi connectivity index (χ3n) is 5.31. The summed E-state index contributed by atoms with van der Waals surface area (Å²) < 4.78 is 5.80. The quantitative estimate of drug-likeness (QED) is 0.796. The summed E-state index contributed by atoms with van der Waals surface area (Å²) in [5.74, 6) is 0.453. The van der Waals surface area contributed by atoms with Crippen LogP contribution < -0.4 is 5.32 Å². The Balaban J connectivity index is 1.56. The predicted octanol–water partition coefficient (Wildman–Crippen LogP) is 1.24. The van der Waals surface area contributed by atoms with Crippen molar-refractivity contribution in [3.8, 4) is 0 Å². The summed E-state index contributed by atoms with van der Waals surface area (Å²) in [7, 11) is 0. The van der Waals surface area contributed by atoms with Crippen molar-refractivity contribution in [2.75, 3.05) is 39.4 Å². The van der Waals surface area contributed by atoms with E-state index in [-0.39, 0.29) is 11.5 Å². The highest BCUT2D eigenvalue weighted by atomic mass is 16.5. The van der Waals surface area contributed by atoms with Crippen molar-refractivity contribution in [1.29, 1.82) is 0 Å². The van der Waals surface area contributed by atoms with E-state index in [0.717, 1.165) is 51.9 Å². The zero-order chi connectivity index (χ0) is 14.0. The molecule has 3 fully saturated rings. The molecule has 4 nitrogen and oxygen atoms in total. The largest absolute Gasteiger partial charge is 0.392 e. The lowest BCUT2D eigenvalue weighted by Gasteiger charge is -2.44. The Morgan fingerprint density at radius 2 is 2.20 bits per heavy atom. The first-order valence-electron chi connectivity index (χ1n) is 8.38. The van der Waals surface area contributed by atoms with Gasteiger partial charge >= 0.3 is 0 Å². The van der Waals surface area contributed by atoms with E-state index >= 15 is 0 Å². The standard InChI is InChI=1S/C16H30N2O2/c1-13-5-7-18(9-15(13)19)11-16(6-2-8-20-12-16)10-17-14-3-4-14/h13-15,17,19H,2-12H2,1H3. The number of aliphatic hydroxyl groups is 1. The topological polar surface area (TPSA) is 44.7 Å². The number of β-amino-alcohol motifs (C(OH)–C–C–N with tert-alkyl or cyclic N) is 1. The minimum atomic E-state index is -0.151. The average Bonchev–Trinajstić information content (AvgIpc) is 3.26. The van der Waals surface area contributed by atoms with Crippen LogP contribution in [0.25, 0.3) is 0 Å². The highest BCUT2D eigenvalue weighted by molar-refractivity contribution is 4.92. The molecule has 2 aliphatic heterocycles. The van der Waals surface area contributed by atoms with Gasteiger partial charge in [0, 0.05) is 37.7 Å². The minimum Gasteiger partial charge on any atom is -0.392 e. The summed E-state index contributed by atoms with van der Waals surface area (Å²) in [6.45, 7) is 8.10. The van der Waals surface area contributed by atoms with E-state index < -0.39 is 0 Å². The van der Waals surface area contributed by atoms with Crippen LogP contribution in [0.2, 0.25) is 0 Å². The maximum absolute atomic E-state index is 10.1. The summed E-state index contributed by atoms with van der Waals surface area (Å²) in [6.07, 6.45) is 6.09. The van der Waals surface area contributed by atoms with E-state index in [9.17, 15) is 5.11 Å². The summed E-state index contributed by atoms with van der Waals surface area (Å²) >= 11 is 0. The molecular weight excluding hydrogens is 252 g/mol. The van der Waals surface area contributed by atoms with Crippen molar-refractivity contribution in [1.82, 2.24) is 10.2 Å². The molecular formula is C16H30N2O2. The molecule has 3 atom stereocenters. The van der Waals surface area contributed by atoms with Crippen molar-refractivity contribution >= 4 is 0 Å². The molecule has 0 aromatic heterocycles. The molecule has 0 aromatic rings. The average molecular weight is 282 g/mol. The molecule has 20 heavy (non-hydrogen) atoms. The Hall–Kier alpha value is -0.160. The smallest absolute Gasteiger partial charge is 0.0693 e. The second kappa shape index (κ2) is 6.30. The van der Waals surface area contributed by atoms with Crippen molar-refractivity contribution in [2.45, 2.75) is 51.2 Å². The zero-order valence-electron chi connectivity index (χ0n) is 12.8. The number of likely N-dealkylation sites (tertiary alicyclic amines) is 1. The number of aliphatic hydroxyl groups excluding tert-OH is 1. The lowest BCUT2D eigenvalue weighted by Crippen LogP contribution is -2.53. The fourth-order valence-electron chi connectivity index (χ4n) is 3.61. The molecule has 0 spiro atoms. The summed E-state index contributed by atoms with van der Waals surface area (Å²) in [4.78, 5) is 2.47. The zero-order valence-corrected chi connectivity index (χ0v) is 12.8. The number of ether oxygens (including phenoxy) is 1. The van der Waals surface area contributed by atoms with Gasteiger partial charge in [-0.15, -0.1) is 0 Å². The molecule has 0 bridgehead atoms. The van der Waals surface area contributed by atoms with Crippen molar-refractivity contribution in [3.63, 3.8) is 0 Å². The van der Waals surface area contributed by atoms with Crippen LogP contribution in [-0.2, 0) is 4.74 Å². The van der Waals surface area contributed by atoms with Crippen molar-refractivity contribution in [2.24, 2.45) is 11.3 Å². The van der Waals surface area contributed by atoms with Gasteiger partial charge in [-0.1, -0.05) is 6.92 Å². The molecule has 2 N–H and O–H groups in total. The molecule has 3 rings (SSSR count). The molecule has 1 saturated carbocycles. The van der Waals surface area contributed by atoms with Gasteiger partial charge in [0.25, 0.3) is 0 Å². The fourth-order valence-corrected chi connectivity index (χ4v) is 3.61. The number of hydrogen-bond acceptors (Lipinski definition) is 4. The first-order valence-corrected chi connectivity index (χ1v) is 8.38. The van der Waals surface area contributed by atoms with Gasteiger partial charge in [-0.05, 0) is 44.6 Å². The molecule has 116 valence electrons. The normalized spacial score (nSPS) is 39.9. The van der Waals surface area contributed by atoms with E-state index in [1.54, 1.807) is 0 Å². The number of nitrogens with zero attached hydrogens (tertiary/aromatic N) is 1. The van der Waals surface area contributed by atoms with Crippen LogP contribution in [-0.4, -0.2) is 61.5 Å². The summed E-state index contributed by atoms with van der Waals surface area (Å²) in [5.41, 5.74) is 0.265. The fraction of sp³-hybridized carbons (Fsp3) is 1.00. The van der Waals surface area contributed by atoms with Gasteiger partial charge in [0.2, 0.25) is 0 Å². The first kappa shape index (κ1) is 14.8. The van der Waals surface area contributed by atoms with Crippen LogP contribution in [0.15, 0.2) is 0 Å². The molecule has 2 heterocycles. The molecule has 1 aliphatic carbocycles. The molecule has 3 unspecified atom stereocenters. The summed E-state index contributed by atoms with van der Waals surface area (Å²) in [5, 5.41) is 13.8. The van der Waals surface area contributed by atoms with E-state index in [2.05, 4.69) is 17.1 Å². The minimum absolute atomic E-state index is 0.151. The van der Waals surface area contributed by atoms with Crippen LogP contribution in [0.3, 0.4) is 0 Å². The van der Waals surface area contributed by atoms with Gasteiger partial charge in [0.1, 0.15) is 0 Å². The van der Waals surface area contributed by atoms with E-state index in [0.29, 0.717) is 5.92 Å². The lowest BCUT2D eigenvalue weighted by molar-refractivity contribution is -0.0467. The van der Waals surface area contributed by atoms with Crippen molar-refractivity contribution < 1.29 is 9.84 Å². The highest BCUT2D eigenvalue weighted by Crippen LogP contribution is 2.32. The second-order valence-electron chi connectivity index (χ2n) is 7.38. The number of rotatable bonds is 5.